The highest BCUT2D eigenvalue weighted by atomic mass is 16.4. The highest BCUT2D eigenvalue weighted by Crippen LogP contribution is 2.40. The number of nitrogens with zero attached hydrogens (tertiary/aromatic N) is 2. The molecule has 5 nitrogen and oxygen atoms in total. The molecule has 1 saturated heterocycles. The number of carboxylic acid groups (broad SMARTS) is 1. The molecule has 0 aromatic carbocycles. The van der Waals surface area contributed by atoms with Crippen LogP contribution >= 0.6 is 0 Å². The van der Waals surface area contributed by atoms with Gasteiger partial charge >= 0.3 is 5.97 Å². The van der Waals surface area contributed by atoms with E-state index < -0.39 is 11.9 Å². The van der Waals surface area contributed by atoms with Crippen LogP contribution in [0.25, 0.3) is 0 Å². The first-order valence-corrected chi connectivity index (χ1v) is 6.15. The smallest absolute Gasteiger partial charge is 0.307 e. The van der Waals surface area contributed by atoms with Crippen molar-refractivity contribution in [2.24, 2.45) is 17.8 Å². The van der Waals surface area contributed by atoms with Gasteiger partial charge in [0, 0.05) is 20.1 Å². The predicted molar refractivity (Wildman–Crippen MR) is 62.5 cm³/mol. The third-order valence-electron chi connectivity index (χ3n) is 3.82. The number of carbonyl (C=O) groups excluding carboxylic acids is 1. The molecule has 0 aromatic rings. The average molecular weight is 240 g/mol. The van der Waals surface area contributed by atoms with Gasteiger partial charge in [-0.2, -0.15) is 0 Å². The van der Waals surface area contributed by atoms with Crippen LogP contribution in [-0.4, -0.2) is 60.5 Å². The molecule has 2 aliphatic rings. The Bertz CT molecular complexity index is 332. The van der Waals surface area contributed by atoms with Crippen LogP contribution in [0, 0.1) is 17.8 Å². The maximum absolute atomic E-state index is 11.9. The quantitative estimate of drug-likeness (QED) is 0.758. The Kier molecular flexibility index (Phi) is 3.38. The molecule has 3 unspecified atom stereocenters. The van der Waals surface area contributed by atoms with Gasteiger partial charge in [-0.3, -0.25) is 9.59 Å². The second-order valence-electron chi connectivity index (χ2n) is 5.42. The topological polar surface area (TPSA) is 60.9 Å². The maximum atomic E-state index is 11.9. The first kappa shape index (κ1) is 12.4. The molecule has 17 heavy (non-hydrogen) atoms. The Morgan fingerprint density at radius 3 is 2.59 bits per heavy atom. The van der Waals surface area contributed by atoms with Gasteiger partial charge < -0.3 is 14.9 Å². The molecule has 1 amide bonds. The van der Waals surface area contributed by atoms with Crippen LogP contribution in [0.3, 0.4) is 0 Å². The number of aliphatic carboxylic acids is 1. The summed E-state index contributed by atoms with van der Waals surface area (Å²) in [5, 5.41) is 8.80. The van der Waals surface area contributed by atoms with Crippen LogP contribution in [0.2, 0.25) is 0 Å². The fraction of sp³-hybridized carbons (Fsp3) is 0.833. The van der Waals surface area contributed by atoms with E-state index in [2.05, 4.69) is 11.9 Å². The minimum atomic E-state index is -0.836. The monoisotopic (exact) mass is 240 g/mol. The van der Waals surface area contributed by atoms with Crippen molar-refractivity contribution in [1.29, 1.82) is 0 Å². The number of rotatable bonds is 4. The van der Waals surface area contributed by atoms with Gasteiger partial charge in [-0.05, 0) is 32.4 Å². The molecule has 2 rings (SSSR count). The molecule has 96 valence electrons. The lowest BCUT2D eigenvalue weighted by molar-refractivity contribution is -0.141. The van der Waals surface area contributed by atoms with Crippen molar-refractivity contribution in [3.8, 4) is 0 Å². The standard InChI is InChI=1S/C12H20N2O3/c1-13-4-3-8(6-13)7-14(2)11(15)9-5-10(9)12(16)17/h8-10H,3-7H2,1-2H3,(H,16,17). The van der Waals surface area contributed by atoms with Crippen molar-refractivity contribution in [2.45, 2.75) is 12.8 Å². The zero-order valence-electron chi connectivity index (χ0n) is 10.4. The number of amides is 1. The summed E-state index contributed by atoms with van der Waals surface area (Å²) in [5.41, 5.74) is 0. The van der Waals surface area contributed by atoms with Crippen molar-refractivity contribution in [2.75, 3.05) is 33.7 Å². The van der Waals surface area contributed by atoms with Crippen molar-refractivity contribution in [1.82, 2.24) is 9.80 Å². The lowest BCUT2D eigenvalue weighted by atomic mass is 10.1. The number of carbonyl (C=O) groups is 2. The summed E-state index contributed by atoms with van der Waals surface area (Å²) in [5.74, 6) is -0.992. The second-order valence-corrected chi connectivity index (χ2v) is 5.42. The molecule has 0 radical (unpaired) electrons. The zero-order chi connectivity index (χ0) is 12.6. The molecule has 1 heterocycles. The van der Waals surface area contributed by atoms with Crippen LogP contribution in [0.4, 0.5) is 0 Å². The second kappa shape index (κ2) is 4.64. The van der Waals surface area contributed by atoms with Crippen LogP contribution in [0.1, 0.15) is 12.8 Å². The Labute approximate surface area is 101 Å². The van der Waals surface area contributed by atoms with E-state index in [9.17, 15) is 9.59 Å². The van der Waals surface area contributed by atoms with Gasteiger partial charge in [0.15, 0.2) is 0 Å². The SMILES string of the molecule is CN1CCC(CN(C)C(=O)C2CC2C(=O)O)C1. The van der Waals surface area contributed by atoms with Gasteiger partial charge in [0.25, 0.3) is 0 Å². The van der Waals surface area contributed by atoms with Gasteiger partial charge in [0.2, 0.25) is 5.91 Å². The third kappa shape index (κ3) is 2.77. The first-order valence-electron chi connectivity index (χ1n) is 6.15. The molecule has 1 N–H and O–H groups in total. The average Bonchev–Trinajstić information content (AvgIpc) is 2.96. The van der Waals surface area contributed by atoms with E-state index in [0.717, 1.165) is 26.1 Å². The van der Waals surface area contributed by atoms with Crippen LogP contribution < -0.4 is 0 Å². The molecule has 3 atom stereocenters. The molecule has 0 bridgehead atoms. The van der Waals surface area contributed by atoms with E-state index in [0.29, 0.717) is 12.3 Å². The fourth-order valence-electron chi connectivity index (χ4n) is 2.68. The van der Waals surface area contributed by atoms with E-state index in [-0.39, 0.29) is 11.8 Å². The summed E-state index contributed by atoms with van der Waals surface area (Å²) in [6.45, 7) is 2.88. The summed E-state index contributed by atoms with van der Waals surface area (Å²) in [4.78, 5) is 26.6. The fourth-order valence-corrected chi connectivity index (χ4v) is 2.68. The lowest BCUT2D eigenvalue weighted by Gasteiger charge is -2.21. The number of carboxylic acids is 1. The van der Waals surface area contributed by atoms with Crippen LogP contribution in [0.5, 0.6) is 0 Å². The van der Waals surface area contributed by atoms with Crippen LogP contribution in [-0.2, 0) is 9.59 Å². The van der Waals surface area contributed by atoms with E-state index in [4.69, 9.17) is 5.11 Å². The highest BCUT2D eigenvalue weighted by Gasteiger charge is 2.49. The Balaban J connectivity index is 1.78. The van der Waals surface area contributed by atoms with Gasteiger partial charge in [-0.25, -0.2) is 0 Å². The van der Waals surface area contributed by atoms with Crippen molar-refractivity contribution >= 4 is 11.9 Å². The molecular formula is C12H20N2O3. The minimum absolute atomic E-state index is 0.00644. The maximum Gasteiger partial charge on any atom is 0.307 e. The van der Waals surface area contributed by atoms with E-state index >= 15 is 0 Å². The van der Waals surface area contributed by atoms with Crippen molar-refractivity contribution < 1.29 is 14.7 Å². The van der Waals surface area contributed by atoms with Gasteiger partial charge in [-0.1, -0.05) is 0 Å². The Morgan fingerprint density at radius 1 is 1.41 bits per heavy atom. The van der Waals surface area contributed by atoms with E-state index in [1.807, 2.05) is 0 Å². The molecule has 1 aliphatic heterocycles. The zero-order valence-corrected chi connectivity index (χ0v) is 10.4. The predicted octanol–water partition coefficient (Wildman–Crippen LogP) is 0.117. The number of hydrogen-bond donors (Lipinski definition) is 1. The minimum Gasteiger partial charge on any atom is -0.481 e. The summed E-state index contributed by atoms with van der Waals surface area (Å²) in [6.07, 6.45) is 1.64. The number of hydrogen-bond acceptors (Lipinski definition) is 3. The molecule has 0 aromatic heterocycles. The highest BCUT2D eigenvalue weighted by molar-refractivity contribution is 5.89. The third-order valence-corrected chi connectivity index (χ3v) is 3.82. The van der Waals surface area contributed by atoms with Crippen molar-refractivity contribution in [3.05, 3.63) is 0 Å². The molecule has 2 fully saturated rings. The molecule has 5 heteroatoms. The van der Waals surface area contributed by atoms with Crippen molar-refractivity contribution in [3.63, 3.8) is 0 Å². The van der Waals surface area contributed by atoms with Gasteiger partial charge in [-0.15, -0.1) is 0 Å². The summed E-state index contributed by atoms with van der Waals surface area (Å²) in [6, 6.07) is 0. The normalized spacial score (nSPS) is 32.5. The summed E-state index contributed by atoms with van der Waals surface area (Å²) < 4.78 is 0. The van der Waals surface area contributed by atoms with Gasteiger partial charge in [0.1, 0.15) is 0 Å². The molecule has 1 aliphatic carbocycles. The Hall–Kier alpha value is -1.10. The largest absolute Gasteiger partial charge is 0.481 e. The number of likely N-dealkylation sites (tertiary alicyclic amines) is 1. The summed E-state index contributed by atoms with van der Waals surface area (Å²) in [7, 11) is 3.88. The Morgan fingerprint density at radius 2 is 2.12 bits per heavy atom. The summed E-state index contributed by atoms with van der Waals surface area (Å²) >= 11 is 0. The van der Waals surface area contributed by atoms with E-state index in [1.165, 1.54) is 0 Å². The lowest BCUT2D eigenvalue weighted by Crippen LogP contribution is -2.34. The van der Waals surface area contributed by atoms with Crippen LogP contribution in [0.15, 0.2) is 0 Å². The molecular weight excluding hydrogens is 220 g/mol. The first-order chi connectivity index (χ1) is 7.99. The van der Waals surface area contributed by atoms with E-state index in [1.54, 1.807) is 11.9 Å². The molecule has 1 saturated carbocycles. The molecule has 0 spiro atoms. The van der Waals surface area contributed by atoms with Gasteiger partial charge in [0.05, 0.1) is 11.8 Å².